The zero-order valence-corrected chi connectivity index (χ0v) is 14.8. The number of hydrogen-bond acceptors (Lipinski definition) is 8. The van der Waals surface area contributed by atoms with Gasteiger partial charge in [0.15, 0.2) is 0 Å². The maximum atomic E-state index is 12.2. The first-order chi connectivity index (χ1) is 12.8. The monoisotopic (exact) mass is 395 g/mol. The first kappa shape index (κ1) is 17.9. The zero-order valence-electron chi connectivity index (χ0n) is 14.0. The Bertz CT molecular complexity index is 949. The number of carbonyl (C=O) groups excluding carboxylic acids is 1. The molecule has 2 aliphatic rings. The van der Waals surface area contributed by atoms with Gasteiger partial charge in [0, 0.05) is 13.1 Å². The van der Waals surface area contributed by atoms with Gasteiger partial charge >= 0.3 is 16.4 Å². The molecule has 2 aliphatic heterocycles. The summed E-state index contributed by atoms with van der Waals surface area (Å²) in [5, 5.41) is 8.69. The molecule has 0 aliphatic carbocycles. The smallest absolute Gasteiger partial charge is 0.418 e. The van der Waals surface area contributed by atoms with Crippen molar-refractivity contribution in [3.05, 3.63) is 47.7 Å². The maximum absolute atomic E-state index is 12.2. The molecule has 144 valence electrons. The first-order valence-corrected chi connectivity index (χ1v) is 9.59. The highest BCUT2D eigenvalue weighted by molar-refractivity contribution is 7.80. The molecule has 2 saturated heterocycles. The molecule has 11 nitrogen and oxygen atoms in total. The van der Waals surface area contributed by atoms with E-state index in [1.165, 1.54) is 4.90 Å². The average Bonchev–Trinajstić information content (AvgIpc) is 3.22. The van der Waals surface area contributed by atoms with Gasteiger partial charge in [-0.05, 0) is 12.0 Å². The summed E-state index contributed by atoms with van der Waals surface area (Å²) in [5.74, 6) is 0.00328. The van der Waals surface area contributed by atoms with Gasteiger partial charge in [0.2, 0.25) is 11.8 Å². The highest BCUT2D eigenvalue weighted by Gasteiger charge is 2.50. The quantitative estimate of drug-likeness (QED) is 0.687. The molecular formula is C15H17N5O6S. The van der Waals surface area contributed by atoms with Crippen molar-refractivity contribution in [3.8, 4) is 0 Å². The van der Waals surface area contributed by atoms with Crippen LogP contribution in [-0.2, 0) is 14.7 Å². The Morgan fingerprint density at radius 2 is 2.04 bits per heavy atom. The summed E-state index contributed by atoms with van der Waals surface area (Å²) in [6.07, 6.45) is 0.476. The van der Waals surface area contributed by atoms with Crippen molar-refractivity contribution < 1.29 is 26.5 Å². The van der Waals surface area contributed by atoms with Crippen LogP contribution in [0.1, 0.15) is 35.7 Å². The molecule has 12 heteroatoms. The van der Waals surface area contributed by atoms with Gasteiger partial charge in [-0.3, -0.25) is 4.55 Å². The third-order valence-corrected chi connectivity index (χ3v) is 5.06. The van der Waals surface area contributed by atoms with Crippen molar-refractivity contribution in [2.24, 2.45) is 5.73 Å². The maximum Gasteiger partial charge on any atom is 0.418 e. The Labute approximate surface area is 154 Å². The third-order valence-electron chi connectivity index (χ3n) is 4.71. The lowest BCUT2D eigenvalue weighted by molar-refractivity contribution is -0.0393. The molecule has 3 atom stereocenters. The normalized spacial score (nSPS) is 23.7. The Hall–Kier alpha value is -2.54. The summed E-state index contributed by atoms with van der Waals surface area (Å²) in [5.41, 5.74) is 6.96. The van der Waals surface area contributed by atoms with E-state index < -0.39 is 34.4 Å². The molecular weight excluding hydrogens is 378 g/mol. The number of carbonyl (C=O) groups is 1. The standard InChI is InChI=1S/C15H17N5O6S/c16-12(9-4-2-1-3-5-9)14-18-17-13(25-14)10-6-7-19-8-11(10)20(15(19)21)26-27(22,23)24/h1-5,10-12H,6-8,16H2,(H,22,23,24)/t10-,11+,12?/m1/s1. The molecule has 1 aromatic heterocycles. The van der Waals surface area contributed by atoms with E-state index in [0.29, 0.717) is 18.0 Å². The number of nitrogens with two attached hydrogens (primary N) is 1. The fourth-order valence-corrected chi connectivity index (χ4v) is 3.80. The Balaban J connectivity index is 1.59. The van der Waals surface area contributed by atoms with Gasteiger partial charge in [-0.25, -0.2) is 4.79 Å². The summed E-state index contributed by atoms with van der Waals surface area (Å²) >= 11 is 0. The van der Waals surface area contributed by atoms with Crippen LogP contribution in [0.3, 0.4) is 0 Å². The van der Waals surface area contributed by atoms with Crippen molar-refractivity contribution in [3.63, 3.8) is 0 Å². The Morgan fingerprint density at radius 3 is 2.74 bits per heavy atom. The van der Waals surface area contributed by atoms with Gasteiger partial charge in [0.05, 0.1) is 12.0 Å². The fourth-order valence-electron chi connectivity index (χ4n) is 3.43. The molecule has 3 heterocycles. The van der Waals surface area contributed by atoms with E-state index in [4.69, 9.17) is 14.7 Å². The van der Waals surface area contributed by atoms with Gasteiger partial charge in [-0.1, -0.05) is 30.3 Å². The van der Waals surface area contributed by atoms with Crippen molar-refractivity contribution in [1.29, 1.82) is 0 Å². The van der Waals surface area contributed by atoms with Gasteiger partial charge in [-0.15, -0.1) is 14.5 Å². The molecule has 27 heavy (non-hydrogen) atoms. The van der Waals surface area contributed by atoms with Crippen LogP contribution in [0, 0.1) is 0 Å². The number of nitrogens with zero attached hydrogens (tertiary/aromatic N) is 4. The molecule has 2 aromatic rings. The minimum absolute atomic E-state index is 0.213. The summed E-state index contributed by atoms with van der Waals surface area (Å²) in [6, 6.07) is 7.30. The topological polar surface area (TPSA) is 152 Å². The van der Waals surface area contributed by atoms with Crippen LogP contribution in [-0.4, -0.2) is 58.3 Å². The number of piperidine rings is 1. The number of hydroxylamine groups is 2. The van der Waals surface area contributed by atoms with Crippen LogP contribution in [0.25, 0.3) is 0 Å². The van der Waals surface area contributed by atoms with Crippen molar-refractivity contribution in [1.82, 2.24) is 20.2 Å². The summed E-state index contributed by atoms with van der Waals surface area (Å²) in [4.78, 5) is 13.6. The number of urea groups is 1. The second-order valence-corrected chi connectivity index (χ2v) is 7.39. The molecule has 1 aromatic carbocycles. The highest BCUT2D eigenvalue weighted by atomic mass is 32.3. The predicted octanol–water partition coefficient (Wildman–Crippen LogP) is 0.446. The Kier molecular flexibility index (Phi) is 4.34. The molecule has 3 N–H and O–H groups in total. The van der Waals surface area contributed by atoms with E-state index in [1.54, 1.807) is 0 Å². The number of rotatable bonds is 5. The number of amides is 2. The molecule has 2 fully saturated rings. The van der Waals surface area contributed by atoms with Gasteiger partial charge in [-0.2, -0.15) is 13.5 Å². The fraction of sp³-hybridized carbons (Fsp3) is 0.400. The van der Waals surface area contributed by atoms with Gasteiger partial charge < -0.3 is 15.1 Å². The van der Waals surface area contributed by atoms with Gasteiger partial charge in [0.1, 0.15) is 6.04 Å². The number of aromatic nitrogens is 2. The van der Waals surface area contributed by atoms with Crippen molar-refractivity contribution in [2.45, 2.75) is 24.4 Å². The minimum atomic E-state index is -4.84. The first-order valence-electron chi connectivity index (χ1n) is 8.22. The van der Waals surface area contributed by atoms with Crippen molar-refractivity contribution >= 4 is 16.4 Å². The zero-order chi connectivity index (χ0) is 19.2. The van der Waals surface area contributed by atoms with Crippen LogP contribution >= 0.6 is 0 Å². The van der Waals surface area contributed by atoms with Crippen LogP contribution < -0.4 is 5.73 Å². The Morgan fingerprint density at radius 1 is 1.30 bits per heavy atom. The average molecular weight is 395 g/mol. The second-order valence-electron chi connectivity index (χ2n) is 6.39. The van der Waals surface area contributed by atoms with E-state index in [2.05, 4.69) is 14.5 Å². The largest absolute Gasteiger partial charge is 0.423 e. The lowest BCUT2D eigenvalue weighted by atomic mass is 9.93. The van der Waals surface area contributed by atoms with Crippen molar-refractivity contribution in [2.75, 3.05) is 13.1 Å². The van der Waals surface area contributed by atoms with Crippen LogP contribution in [0.5, 0.6) is 0 Å². The van der Waals surface area contributed by atoms with Gasteiger partial charge in [0.25, 0.3) is 0 Å². The molecule has 0 radical (unpaired) electrons. The molecule has 0 spiro atoms. The van der Waals surface area contributed by atoms with Crippen LogP contribution in [0.15, 0.2) is 34.7 Å². The summed E-state index contributed by atoms with van der Waals surface area (Å²) in [6.45, 7) is 0.593. The summed E-state index contributed by atoms with van der Waals surface area (Å²) < 4.78 is 41.3. The SMILES string of the molecule is NC(c1ccccc1)c1nnc([C@@H]2CCN3C[C@@H]2N(OS(=O)(=O)O)C3=O)o1. The van der Waals surface area contributed by atoms with E-state index in [9.17, 15) is 13.2 Å². The van der Waals surface area contributed by atoms with E-state index in [0.717, 1.165) is 5.56 Å². The predicted molar refractivity (Wildman–Crippen MR) is 89.4 cm³/mol. The number of fused-ring (bicyclic) bond motifs is 2. The molecule has 1 unspecified atom stereocenters. The lowest BCUT2D eigenvalue weighted by Gasteiger charge is -2.27. The molecule has 2 bridgehead atoms. The highest BCUT2D eigenvalue weighted by Crippen LogP contribution is 2.37. The van der Waals surface area contributed by atoms with E-state index >= 15 is 0 Å². The molecule has 0 saturated carbocycles. The van der Waals surface area contributed by atoms with Crippen LogP contribution in [0.4, 0.5) is 4.79 Å². The summed E-state index contributed by atoms with van der Waals surface area (Å²) in [7, 11) is -4.84. The third kappa shape index (κ3) is 3.39. The number of benzene rings is 1. The second kappa shape index (κ2) is 6.56. The molecule has 2 amide bonds. The molecule has 4 rings (SSSR count). The van der Waals surface area contributed by atoms with E-state index in [-0.39, 0.29) is 18.3 Å². The number of hydrogen-bond donors (Lipinski definition) is 2. The van der Waals surface area contributed by atoms with E-state index in [1.807, 2.05) is 30.3 Å². The minimum Gasteiger partial charge on any atom is -0.423 e. The van der Waals surface area contributed by atoms with Crippen LogP contribution in [0.2, 0.25) is 0 Å². The lowest BCUT2D eigenvalue weighted by Crippen LogP contribution is -2.39.